The second-order valence-corrected chi connectivity index (χ2v) is 5.29. The summed E-state index contributed by atoms with van der Waals surface area (Å²) in [7, 11) is 0. The Labute approximate surface area is 137 Å². The molecule has 0 amide bonds. The van der Waals surface area contributed by atoms with E-state index >= 15 is 0 Å². The molecule has 0 fully saturated rings. The van der Waals surface area contributed by atoms with E-state index in [-0.39, 0.29) is 18.1 Å². The summed E-state index contributed by atoms with van der Waals surface area (Å²) in [6.45, 7) is 0.280. The fourth-order valence-corrected chi connectivity index (χ4v) is 2.28. The van der Waals surface area contributed by atoms with Crippen LogP contribution in [-0.2, 0) is 12.6 Å². The van der Waals surface area contributed by atoms with Gasteiger partial charge in [0.1, 0.15) is 11.5 Å². The lowest BCUT2D eigenvalue weighted by Gasteiger charge is -2.12. The zero-order chi connectivity index (χ0) is 17.6. The van der Waals surface area contributed by atoms with E-state index in [9.17, 15) is 18.3 Å². The topological polar surface area (TPSA) is 53.2 Å². The van der Waals surface area contributed by atoms with Gasteiger partial charge < -0.3 is 9.84 Å². The highest BCUT2D eigenvalue weighted by Crippen LogP contribution is 2.34. The van der Waals surface area contributed by atoms with Gasteiger partial charge in [-0.05, 0) is 55.2 Å². The number of aryl methyl sites for hydroxylation is 1. The molecular weight excluding hydrogens is 319 g/mol. The second kappa shape index (κ2) is 7.73. The van der Waals surface area contributed by atoms with Crippen molar-refractivity contribution in [2.24, 2.45) is 0 Å². The zero-order valence-corrected chi connectivity index (χ0v) is 12.8. The third-order valence-corrected chi connectivity index (χ3v) is 3.46. The molecular formula is C18H16F3NO2. The van der Waals surface area contributed by atoms with Crippen molar-refractivity contribution in [1.82, 2.24) is 0 Å². The number of rotatable bonds is 6. The summed E-state index contributed by atoms with van der Waals surface area (Å²) < 4.78 is 43.9. The fraction of sp³-hybridized carbons (Fsp3) is 0.278. The maximum Gasteiger partial charge on any atom is 0.417 e. The Hall–Kier alpha value is -2.68. The van der Waals surface area contributed by atoms with E-state index in [0.29, 0.717) is 6.42 Å². The normalized spacial score (nSPS) is 11.1. The highest BCUT2D eigenvalue weighted by molar-refractivity contribution is 5.44. The summed E-state index contributed by atoms with van der Waals surface area (Å²) in [5.74, 6) is 0.305. The van der Waals surface area contributed by atoms with Crippen LogP contribution in [0.4, 0.5) is 13.2 Å². The van der Waals surface area contributed by atoms with Crippen molar-refractivity contribution < 1.29 is 23.0 Å². The molecule has 0 atom stereocenters. The number of nitriles is 1. The predicted molar refractivity (Wildman–Crippen MR) is 82.7 cm³/mol. The number of hydrogen-bond donors (Lipinski definition) is 1. The summed E-state index contributed by atoms with van der Waals surface area (Å²) in [6, 6.07) is 11.8. The van der Waals surface area contributed by atoms with Crippen molar-refractivity contribution in [1.29, 1.82) is 5.26 Å². The van der Waals surface area contributed by atoms with Gasteiger partial charge in [0, 0.05) is 0 Å². The van der Waals surface area contributed by atoms with Crippen molar-refractivity contribution in [3.63, 3.8) is 0 Å². The fourth-order valence-electron chi connectivity index (χ4n) is 2.28. The maximum absolute atomic E-state index is 12.9. The minimum atomic E-state index is -4.58. The van der Waals surface area contributed by atoms with Crippen molar-refractivity contribution in [3.05, 3.63) is 59.2 Å². The highest BCUT2D eigenvalue weighted by atomic mass is 19.4. The highest BCUT2D eigenvalue weighted by Gasteiger charge is 2.34. The molecule has 2 aromatic carbocycles. The Bertz CT molecular complexity index is 736. The molecule has 0 aliphatic rings. The number of alkyl halides is 3. The Kier molecular flexibility index (Phi) is 5.69. The molecule has 0 aliphatic carbocycles. The van der Waals surface area contributed by atoms with Crippen molar-refractivity contribution in [3.8, 4) is 17.6 Å². The number of ether oxygens (including phenoxy) is 1. The SMILES string of the molecule is N#Cc1ccc(OCCCCc2cccc(O)c2)cc1C(F)(F)F. The molecule has 126 valence electrons. The number of phenols is 1. The van der Waals surface area contributed by atoms with Crippen LogP contribution in [-0.4, -0.2) is 11.7 Å². The Morgan fingerprint density at radius 2 is 1.88 bits per heavy atom. The molecule has 1 N–H and O–H groups in total. The van der Waals surface area contributed by atoms with Gasteiger partial charge >= 0.3 is 6.18 Å². The van der Waals surface area contributed by atoms with Gasteiger partial charge in [-0.1, -0.05) is 12.1 Å². The first kappa shape index (κ1) is 17.7. The van der Waals surface area contributed by atoms with E-state index in [1.54, 1.807) is 18.2 Å². The summed E-state index contributed by atoms with van der Waals surface area (Å²) >= 11 is 0. The Balaban J connectivity index is 1.85. The van der Waals surface area contributed by atoms with E-state index in [1.807, 2.05) is 6.07 Å². The van der Waals surface area contributed by atoms with Crippen LogP contribution in [0.2, 0.25) is 0 Å². The average molecular weight is 335 g/mol. The van der Waals surface area contributed by atoms with Gasteiger partial charge in [-0.25, -0.2) is 0 Å². The number of halogens is 3. The summed E-state index contributed by atoms with van der Waals surface area (Å²) in [4.78, 5) is 0. The monoisotopic (exact) mass is 335 g/mol. The third kappa shape index (κ3) is 4.92. The minimum absolute atomic E-state index is 0.0960. The van der Waals surface area contributed by atoms with E-state index in [1.165, 1.54) is 12.1 Å². The lowest BCUT2D eigenvalue weighted by Crippen LogP contribution is -2.08. The molecule has 0 radical (unpaired) electrons. The minimum Gasteiger partial charge on any atom is -0.508 e. The molecule has 0 aromatic heterocycles. The van der Waals surface area contributed by atoms with E-state index in [2.05, 4.69) is 0 Å². The molecule has 6 heteroatoms. The van der Waals surface area contributed by atoms with E-state index < -0.39 is 17.3 Å². The molecule has 0 saturated carbocycles. The second-order valence-electron chi connectivity index (χ2n) is 5.29. The van der Waals surface area contributed by atoms with Crippen LogP contribution in [0.25, 0.3) is 0 Å². The van der Waals surface area contributed by atoms with Crippen LogP contribution < -0.4 is 4.74 Å². The molecule has 2 aromatic rings. The van der Waals surface area contributed by atoms with Gasteiger partial charge in [-0.2, -0.15) is 18.4 Å². The first-order valence-electron chi connectivity index (χ1n) is 7.42. The number of phenolic OH excluding ortho intramolecular Hbond substituents is 1. The summed E-state index contributed by atoms with van der Waals surface area (Å²) in [5, 5.41) is 18.1. The molecule has 24 heavy (non-hydrogen) atoms. The zero-order valence-electron chi connectivity index (χ0n) is 12.8. The predicted octanol–water partition coefficient (Wildman–Crippen LogP) is 4.68. The maximum atomic E-state index is 12.9. The molecule has 0 saturated heterocycles. The molecule has 0 unspecified atom stereocenters. The summed E-state index contributed by atoms with van der Waals surface area (Å²) in [5.41, 5.74) is -0.409. The van der Waals surface area contributed by atoms with Crippen LogP contribution >= 0.6 is 0 Å². The van der Waals surface area contributed by atoms with Gasteiger partial charge in [0.05, 0.1) is 23.8 Å². The summed E-state index contributed by atoms with van der Waals surface area (Å²) in [6.07, 6.45) is -2.39. The smallest absolute Gasteiger partial charge is 0.417 e. The van der Waals surface area contributed by atoms with E-state index in [4.69, 9.17) is 10.00 Å². The van der Waals surface area contributed by atoms with Gasteiger partial charge in [0.2, 0.25) is 0 Å². The van der Waals surface area contributed by atoms with Gasteiger partial charge in [-0.15, -0.1) is 0 Å². The van der Waals surface area contributed by atoms with Gasteiger partial charge in [0.15, 0.2) is 0 Å². The van der Waals surface area contributed by atoms with Crippen LogP contribution in [0.1, 0.15) is 29.5 Å². The molecule has 3 nitrogen and oxygen atoms in total. The van der Waals surface area contributed by atoms with Crippen LogP contribution in [0.15, 0.2) is 42.5 Å². The number of unbranched alkanes of at least 4 members (excludes halogenated alkanes) is 1. The Morgan fingerprint density at radius 3 is 2.54 bits per heavy atom. The number of hydrogen-bond acceptors (Lipinski definition) is 3. The van der Waals surface area contributed by atoms with Crippen molar-refractivity contribution >= 4 is 0 Å². The molecule has 0 bridgehead atoms. The lowest BCUT2D eigenvalue weighted by atomic mass is 10.1. The van der Waals surface area contributed by atoms with E-state index in [0.717, 1.165) is 30.5 Å². The lowest BCUT2D eigenvalue weighted by molar-refractivity contribution is -0.137. The standard InChI is InChI=1S/C18H16F3NO2/c19-18(20,21)17-11-16(8-7-14(17)12-22)24-9-2-1-4-13-5-3-6-15(23)10-13/h3,5-8,10-11,23H,1-2,4,9H2. The molecule has 0 aliphatic heterocycles. The molecule has 0 heterocycles. The quantitative estimate of drug-likeness (QED) is 0.780. The Morgan fingerprint density at radius 1 is 1.08 bits per heavy atom. The van der Waals surface area contributed by atoms with Crippen LogP contribution in [0, 0.1) is 11.3 Å². The first-order valence-corrected chi connectivity index (χ1v) is 7.42. The largest absolute Gasteiger partial charge is 0.508 e. The van der Waals surface area contributed by atoms with Crippen molar-refractivity contribution in [2.75, 3.05) is 6.61 Å². The number of nitrogens with zero attached hydrogens (tertiary/aromatic N) is 1. The van der Waals surface area contributed by atoms with Crippen LogP contribution in [0.3, 0.4) is 0 Å². The molecule has 0 spiro atoms. The average Bonchev–Trinajstić information content (AvgIpc) is 2.53. The number of aromatic hydroxyl groups is 1. The van der Waals surface area contributed by atoms with Crippen molar-refractivity contribution in [2.45, 2.75) is 25.4 Å². The first-order chi connectivity index (χ1) is 11.4. The van der Waals surface area contributed by atoms with Crippen LogP contribution in [0.5, 0.6) is 11.5 Å². The van der Waals surface area contributed by atoms with Gasteiger partial charge in [0.25, 0.3) is 0 Å². The van der Waals surface area contributed by atoms with Gasteiger partial charge in [-0.3, -0.25) is 0 Å². The molecule has 2 rings (SSSR count). The number of benzene rings is 2. The third-order valence-electron chi connectivity index (χ3n) is 3.46.